The fourth-order valence-corrected chi connectivity index (χ4v) is 1.79. The second kappa shape index (κ2) is 13.7. The molecule has 124 valence electrons. The first-order chi connectivity index (χ1) is 10.1. The fraction of sp³-hybridized carbons (Fsp3) is 0.875. The Bertz CT molecular complexity index is 281. The Morgan fingerprint density at radius 2 is 1.38 bits per heavy atom. The van der Waals surface area contributed by atoms with Crippen molar-refractivity contribution in [2.75, 3.05) is 26.8 Å². The van der Waals surface area contributed by atoms with Gasteiger partial charge in [0.15, 0.2) is 0 Å². The lowest BCUT2D eigenvalue weighted by Crippen LogP contribution is -2.33. The van der Waals surface area contributed by atoms with Crippen LogP contribution in [0.15, 0.2) is 0 Å². The number of unbranched alkanes of at least 4 members (excludes halogenated alkanes) is 6. The van der Waals surface area contributed by atoms with Crippen LogP contribution in [0.5, 0.6) is 0 Å². The molecule has 0 aliphatic heterocycles. The number of hydrogen-bond acceptors (Lipinski definition) is 4. The summed E-state index contributed by atoms with van der Waals surface area (Å²) in [6, 6.07) is 0. The van der Waals surface area contributed by atoms with Crippen molar-refractivity contribution in [2.45, 2.75) is 65.2 Å². The van der Waals surface area contributed by atoms with Crippen LogP contribution in [0.4, 0.5) is 4.79 Å². The lowest BCUT2D eigenvalue weighted by molar-refractivity contribution is -0.144. The average molecular weight is 301 g/mol. The summed E-state index contributed by atoms with van der Waals surface area (Å²) in [4.78, 5) is 24.3. The highest BCUT2D eigenvalue weighted by Crippen LogP contribution is 2.05. The van der Waals surface area contributed by atoms with Gasteiger partial charge in [-0.15, -0.1) is 0 Å². The van der Waals surface area contributed by atoms with E-state index in [1.165, 1.54) is 30.6 Å². The van der Waals surface area contributed by atoms with E-state index in [2.05, 4.69) is 6.92 Å². The Morgan fingerprint density at radius 1 is 0.810 bits per heavy atom. The number of amides is 1. The van der Waals surface area contributed by atoms with E-state index in [0.717, 1.165) is 25.7 Å². The van der Waals surface area contributed by atoms with Gasteiger partial charge in [-0.05, 0) is 12.8 Å². The van der Waals surface area contributed by atoms with Crippen molar-refractivity contribution >= 4 is 12.1 Å². The molecule has 0 aliphatic carbocycles. The number of hydrogen-bond donors (Lipinski definition) is 0. The van der Waals surface area contributed by atoms with Gasteiger partial charge in [0.1, 0.15) is 6.54 Å². The molecule has 0 fully saturated rings. The highest BCUT2D eigenvalue weighted by atomic mass is 16.6. The van der Waals surface area contributed by atoms with E-state index in [0.29, 0.717) is 13.2 Å². The van der Waals surface area contributed by atoms with Crippen LogP contribution < -0.4 is 0 Å². The lowest BCUT2D eigenvalue weighted by atomic mass is 10.1. The van der Waals surface area contributed by atoms with Gasteiger partial charge in [0.2, 0.25) is 0 Å². The van der Waals surface area contributed by atoms with Crippen LogP contribution in [-0.4, -0.2) is 43.8 Å². The molecule has 0 heterocycles. The molecule has 0 aliphatic rings. The van der Waals surface area contributed by atoms with E-state index < -0.39 is 6.09 Å². The zero-order chi connectivity index (χ0) is 15.9. The van der Waals surface area contributed by atoms with Gasteiger partial charge in [-0.2, -0.15) is 0 Å². The summed E-state index contributed by atoms with van der Waals surface area (Å²) in [6.45, 7) is 4.99. The van der Waals surface area contributed by atoms with E-state index in [9.17, 15) is 9.59 Å². The van der Waals surface area contributed by atoms with Crippen LogP contribution in [0.2, 0.25) is 0 Å². The predicted molar refractivity (Wildman–Crippen MR) is 83.2 cm³/mol. The summed E-state index contributed by atoms with van der Waals surface area (Å²) in [5.41, 5.74) is 0. The van der Waals surface area contributed by atoms with E-state index in [4.69, 9.17) is 9.47 Å². The van der Waals surface area contributed by atoms with E-state index in [1.54, 1.807) is 7.05 Å². The third kappa shape index (κ3) is 12.2. The minimum absolute atomic E-state index is 0.0548. The normalized spacial score (nSPS) is 10.2. The van der Waals surface area contributed by atoms with Crippen molar-refractivity contribution in [2.24, 2.45) is 0 Å². The SMILES string of the molecule is CCCCCCCCOC(=O)CN(C)C(=O)OCCCC. The number of rotatable bonds is 12. The smallest absolute Gasteiger partial charge is 0.410 e. The topological polar surface area (TPSA) is 55.8 Å². The molecule has 0 atom stereocenters. The molecular formula is C16H31NO4. The molecular weight excluding hydrogens is 270 g/mol. The highest BCUT2D eigenvalue weighted by Gasteiger charge is 2.14. The maximum atomic E-state index is 11.6. The first kappa shape index (κ1) is 19.7. The number of carbonyl (C=O) groups is 2. The molecule has 0 rings (SSSR count). The van der Waals surface area contributed by atoms with Crippen molar-refractivity contribution in [1.29, 1.82) is 0 Å². The minimum Gasteiger partial charge on any atom is -0.464 e. The average Bonchev–Trinajstić information content (AvgIpc) is 2.46. The number of esters is 1. The van der Waals surface area contributed by atoms with Gasteiger partial charge in [0.05, 0.1) is 13.2 Å². The van der Waals surface area contributed by atoms with Gasteiger partial charge >= 0.3 is 12.1 Å². The Kier molecular flexibility index (Phi) is 12.9. The lowest BCUT2D eigenvalue weighted by Gasteiger charge is -2.16. The first-order valence-corrected chi connectivity index (χ1v) is 8.15. The molecule has 0 aromatic rings. The number of carbonyl (C=O) groups excluding carboxylic acids is 2. The molecule has 0 unspecified atom stereocenters. The molecule has 5 nitrogen and oxygen atoms in total. The van der Waals surface area contributed by atoms with Crippen LogP contribution in [0.25, 0.3) is 0 Å². The molecule has 0 saturated carbocycles. The van der Waals surface area contributed by atoms with E-state index >= 15 is 0 Å². The maximum absolute atomic E-state index is 11.6. The molecule has 0 bridgehead atoms. The van der Waals surface area contributed by atoms with E-state index in [-0.39, 0.29) is 12.5 Å². The zero-order valence-corrected chi connectivity index (χ0v) is 13.9. The van der Waals surface area contributed by atoms with Gasteiger partial charge < -0.3 is 14.4 Å². The summed E-state index contributed by atoms with van der Waals surface area (Å²) in [5.74, 6) is -0.376. The first-order valence-electron chi connectivity index (χ1n) is 8.15. The largest absolute Gasteiger partial charge is 0.464 e. The Labute approximate surface area is 129 Å². The predicted octanol–water partition coefficient (Wildman–Crippen LogP) is 3.76. The van der Waals surface area contributed by atoms with Crippen molar-refractivity contribution in [1.82, 2.24) is 4.90 Å². The second-order valence-electron chi connectivity index (χ2n) is 5.31. The van der Waals surface area contributed by atoms with Crippen molar-refractivity contribution in [3.63, 3.8) is 0 Å². The fourth-order valence-electron chi connectivity index (χ4n) is 1.79. The van der Waals surface area contributed by atoms with Gasteiger partial charge in [-0.1, -0.05) is 52.4 Å². The number of likely N-dealkylation sites (N-methyl/N-ethyl adjacent to an activating group) is 1. The second-order valence-corrected chi connectivity index (χ2v) is 5.31. The van der Waals surface area contributed by atoms with Crippen LogP contribution in [-0.2, 0) is 14.3 Å². The Morgan fingerprint density at radius 3 is 2.05 bits per heavy atom. The summed E-state index contributed by atoms with van der Waals surface area (Å²) in [5, 5.41) is 0. The van der Waals surface area contributed by atoms with Crippen molar-refractivity contribution < 1.29 is 19.1 Å². The molecule has 1 amide bonds. The molecule has 0 N–H and O–H groups in total. The van der Waals surface area contributed by atoms with Crippen molar-refractivity contribution in [3.05, 3.63) is 0 Å². The van der Waals surface area contributed by atoms with Gasteiger partial charge in [-0.3, -0.25) is 4.79 Å². The van der Waals surface area contributed by atoms with E-state index in [1.807, 2.05) is 6.92 Å². The quantitative estimate of drug-likeness (QED) is 0.407. The Balaban J connectivity index is 3.57. The molecule has 0 radical (unpaired) electrons. The molecule has 0 saturated heterocycles. The minimum atomic E-state index is -0.472. The molecule has 0 aromatic heterocycles. The summed E-state index contributed by atoms with van der Waals surface area (Å²) in [6.07, 6.45) is 8.24. The standard InChI is InChI=1S/C16H31NO4/c1-4-6-8-9-10-11-13-20-15(18)14-17(3)16(19)21-12-7-5-2/h4-14H2,1-3H3. The third-order valence-corrected chi connectivity index (χ3v) is 3.16. The monoisotopic (exact) mass is 301 g/mol. The Hall–Kier alpha value is -1.26. The molecule has 5 heteroatoms. The summed E-state index contributed by atoms with van der Waals surface area (Å²) in [7, 11) is 1.54. The molecule has 21 heavy (non-hydrogen) atoms. The van der Waals surface area contributed by atoms with Crippen LogP contribution in [0.3, 0.4) is 0 Å². The zero-order valence-electron chi connectivity index (χ0n) is 13.9. The van der Waals surface area contributed by atoms with Gasteiger partial charge in [0, 0.05) is 7.05 Å². The van der Waals surface area contributed by atoms with Crippen LogP contribution >= 0.6 is 0 Å². The van der Waals surface area contributed by atoms with Gasteiger partial charge in [-0.25, -0.2) is 4.79 Å². The molecule has 0 aromatic carbocycles. The third-order valence-electron chi connectivity index (χ3n) is 3.16. The number of nitrogens with zero attached hydrogens (tertiary/aromatic N) is 1. The number of ether oxygens (including phenoxy) is 2. The van der Waals surface area contributed by atoms with Gasteiger partial charge in [0.25, 0.3) is 0 Å². The van der Waals surface area contributed by atoms with Crippen LogP contribution in [0, 0.1) is 0 Å². The maximum Gasteiger partial charge on any atom is 0.410 e. The van der Waals surface area contributed by atoms with Crippen molar-refractivity contribution in [3.8, 4) is 0 Å². The highest BCUT2D eigenvalue weighted by molar-refractivity contribution is 5.77. The summed E-state index contributed by atoms with van der Waals surface area (Å²) < 4.78 is 10.1. The summed E-state index contributed by atoms with van der Waals surface area (Å²) >= 11 is 0. The molecule has 0 spiro atoms. The van der Waals surface area contributed by atoms with Crippen LogP contribution in [0.1, 0.15) is 65.2 Å².